The molecule has 2 aromatic carbocycles. The number of hydrogen-bond donors (Lipinski definition) is 1. The summed E-state index contributed by atoms with van der Waals surface area (Å²) >= 11 is 1.34. The zero-order valence-electron chi connectivity index (χ0n) is 20.7. The fourth-order valence-electron chi connectivity index (χ4n) is 4.07. The van der Waals surface area contributed by atoms with Crippen LogP contribution in [0.4, 0.5) is 9.52 Å². The van der Waals surface area contributed by atoms with Crippen molar-refractivity contribution in [2.45, 2.75) is 51.4 Å². The van der Waals surface area contributed by atoms with Crippen LogP contribution < -0.4 is 14.8 Å². The molecular weight excluding hydrogens is 492 g/mol. The zero-order chi connectivity index (χ0) is 26.0. The van der Waals surface area contributed by atoms with Crippen molar-refractivity contribution < 1.29 is 23.4 Å². The molecule has 7 nitrogen and oxygen atoms in total. The van der Waals surface area contributed by atoms with Crippen LogP contribution in [-0.4, -0.2) is 36.9 Å². The maximum absolute atomic E-state index is 13.9. The van der Waals surface area contributed by atoms with E-state index in [1.165, 1.54) is 23.5 Å². The van der Waals surface area contributed by atoms with Gasteiger partial charge in [0.2, 0.25) is 5.91 Å². The molecule has 1 aliphatic rings. The SMILES string of the molecule is CB(C#N)CCc1cc(OCC2CCCCO2)c(Oc2cccc(F)c2)cc1CC(=O)Nc1nccs1. The molecule has 1 saturated heterocycles. The Balaban J connectivity index is 1.64. The Labute approximate surface area is 220 Å². The van der Waals surface area contributed by atoms with Crippen molar-refractivity contribution in [3.63, 3.8) is 0 Å². The van der Waals surface area contributed by atoms with Gasteiger partial charge in [0.1, 0.15) is 18.2 Å². The van der Waals surface area contributed by atoms with E-state index >= 15 is 0 Å². The number of aryl methyl sites for hydroxylation is 1. The fourth-order valence-corrected chi connectivity index (χ4v) is 4.62. The summed E-state index contributed by atoms with van der Waals surface area (Å²) in [5, 5.41) is 14.4. The molecule has 1 amide bonds. The predicted molar refractivity (Wildman–Crippen MR) is 142 cm³/mol. The lowest BCUT2D eigenvalue weighted by molar-refractivity contribution is -0.115. The number of amides is 1. The van der Waals surface area contributed by atoms with Gasteiger partial charge in [-0.15, -0.1) is 11.3 Å². The van der Waals surface area contributed by atoms with Crippen LogP contribution in [0.5, 0.6) is 17.2 Å². The Morgan fingerprint density at radius 3 is 2.89 bits per heavy atom. The van der Waals surface area contributed by atoms with Gasteiger partial charge in [-0.25, -0.2) is 14.6 Å². The van der Waals surface area contributed by atoms with E-state index in [9.17, 15) is 14.4 Å². The summed E-state index contributed by atoms with van der Waals surface area (Å²) in [7, 11) is 0. The predicted octanol–water partition coefficient (Wildman–Crippen LogP) is 5.93. The van der Waals surface area contributed by atoms with Gasteiger partial charge in [0, 0.05) is 30.2 Å². The lowest BCUT2D eigenvalue weighted by Gasteiger charge is -2.24. The monoisotopic (exact) mass is 521 g/mol. The molecular formula is C27H29BFN3O4S. The molecule has 0 bridgehead atoms. The number of anilines is 1. The molecule has 1 N–H and O–H groups in total. The first-order valence-electron chi connectivity index (χ1n) is 12.4. The molecule has 1 atom stereocenters. The Kier molecular flexibility index (Phi) is 9.52. The second-order valence-corrected chi connectivity index (χ2v) is 9.95. The third kappa shape index (κ3) is 8.04. The van der Waals surface area contributed by atoms with Crippen LogP contribution in [0.3, 0.4) is 0 Å². The van der Waals surface area contributed by atoms with Crippen molar-refractivity contribution >= 4 is 29.1 Å². The van der Waals surface area contributed by atoms with Gasteiger partial charge < -0.3 is 19.5 Å². The minimum atomic E-state index is -0.416. The normalized spacial score (nSPS) is 15.0. The average molecular weight is 521 g/mol. The topological polar surface area (TPSA) is 93.5 Å². The van der Waals surface area contributed by atoms with Crippen molar-refractivity contribution in [2.75, 3.05) is 18.5 Å². The molecule has 3 aromatic rings. The summed E-state index contributed by atoms with van der Waals surface area (Å²) in [6.45, 7) is 2.80. The first-order valence-corrected chi connectivity index (χ1v) is 13.3. The molecule has 0 aliphatic carbocycles. The molecule has 1 aliphatic heterocycles. The maximum atomic E-state index is 13.9. The standard InChI is InChI=1S/C27H29BFN3O4S/c1-28(18-30)9-8-19-13-24(35-17-23-6-2-3-11-34-23)25(36-22-7-4-5-21(29)16-22)14-20(19)15-26(33)32-27-31-10-12-37-27/h4-5,7,10,12-14,16,23H,2-3,6,8-9,11,15,17H2,1H3,(H,31,32,33). The number of nitrogens with one attached hydrogen (secondary N) is 1. The van der Waals surface area contributed by atoms with Gasteiger partial charge in [0.15, 0.2) is 16.6 Å². The van der Waals surface area contributed by atoms with E-state index < -0.39 is 5.82 Å². The van der Waals surface area contributed by atoms with Crippen LogP contribution >= 0.6 is 11.3 Å². The Hall–Kier alpha value is -3.42. The molecule has 37 heavy (non-hydrogen) atoms. The summed E-state index contributed by atoms with van der Waals surface area (Å²) in [5.41, 5.74) is 1.63. The molecule has 0 spiro atoms. The summed E-state index contributed by atoms with van der Waals surface area (Å²) in [4.78, 5) is 16.9. The number of carbonyl (C=O) groups is 1. The lowest BCUT2D eigenvalue weighted by Crippen LogP contribution is -2.26. The summed E-state index contributed by atoms with van der Waals surface area (Å²) in [5.74, 6) is 2.82. The minimum Gasteiger partial charge on any atom is -0.487 e. The largest absolute Gasteiger partial charge is 0.487 e. The highest BCUT2D eigenvalue weighted by Crippen LogP contribution is 2.36. The summed E-state index contributed by atoms with van der Waals surface area (Å²) in [6, 6.07) is 9.52. The summed E-state index contributed by atoms with van der Waals surface area (Å²) in [6.07, 6.45) is 5.97. The lowest BCUT2D eigenvalue weighted by atomic mass is 9.50. The molecule has 1 unspecified atom stereocenters. The highest BCUT2D eigenvalue weighted by Gasteiger charge is 2.20. The Bertz CT molecular complexity index is 1230. The van der Waals surface area contributed by atoms with Crippen molar-refractivity contribution in [2.24, 2.45) is 0 Å². The number of ether oxygens (including phenoxy) is 3. The fraction of sp³-hybridized carbons (Fsp3) is 0.370. The number of benzene rings is 2. The van der Waals surface area contributed by atoms with Gasteiger partial charge >= 0.3 is 0 Å². The molecule has 4 rings (SSSR count). The van der Waals surface area contributed by atoms with E-state index in [4.69, 9.17) is 14.2 Å². The first-order chi connectivity index (χ1) is 18.0. The molecule has 192 valence electrons. The Morgan fingerprint density at radius 2 is 2.16 bits per heavy atom. The van der Waals surface area contributed by atoms with Gasteiger partial charge in [0.05, 0.1) is 12.5 Å². The smallest absolute Gasteiger partial charge is 0.265 e. The van der Waals surface area contributed by atoms with Gasteiger partial charge in [-0.1, -0.05) is 19.2 Å². The molecule has 1 aromatic heterocycles. The maximum Gasteiger partial charge on any atom is 0.265 e. The van der Waals surface area contributed by atoms with Crippen molar-refractivity contribution in [1.29, 1.82) is 5.26 Å². The molecule has 1 fully saturated rings. The number of rotatable bonds is 11. The number of halogens is 1. The molecule has 10 heteroatoms. The third-order valence-electron chi connectivity index (χ3n) is 6.09. The van der Waals surface area contributed by atoms with Crippen LogP contribution in [0.25, 0.3) is 0 Å². The average Bonchev–Trinajstić information content (AvgIpc) is 3.40. The third-order valence-corrected chi connectivity index (χ3v) is 6.77. The number of carbonyl (C=O) groups excluding carboxylic acids is 1. The van der Waals surface area contributed by atoms with Gasteiger partial charge in [0.25, 0.3) is 6.71 Å². The number of hydrogen-bond acceptors (Lipinski definition) is 7. The number of thiazole rings is 1. The van der Waals surface area contributed by atoms with Crippen LogP contribution in [0.15, 0.2) is 48.0 Å². The van der Waals surface area contributed by atoms with Crippen LogP contribution in [0.2, 0.25) is 13.1 Å². The minimum absolute atomic E-state index is 0.0124. The van der Waals surface area contributed by atoms with Crippen LogP contribution in [0, 0.1) is 17.0 Å². The highest BCUT2D eigenvalue weighted by atomic mass is 32.1. The second kappa shape index (κ2) is 13.2. The van der Waals surface area contributed by atoms with E-state index in [0.29, 0.717) is 48.3 Å². The van der Waals surface area contributed by atoms with E-state index in [0.717, 1.165) is 30.4 Å². The molecule has 0 radical (unpaired) electrons. The van der Waals surface area contributed by atoms with Crippen molar-refractivity contribution in [3.05, 3.63) is 64.9 Å². The van der Waals surface area contributed by atoms with Crippen molar-refractivity contribution in [1.82, 2.24) is 4.98 Å². The Morgan fingerprint density at radius 1 is 1.30 bits per heavy atom. The van der Waals surface area contributed by atoms with E-state index in [1.54, 1.807) is 29.8 Å². The zero-order valence-corrected chi connectivity index (χ0v) is 21.6. The van der Waals surface area contributed by atoms with Crippen LogP contribution in [0.1, 0.15) is 30.4 Å². The van der Waals surface area contributed by atoms with Gasteiger partial charge in [-0.05, 0) is 61.1 Å². The first kappa shape index (κ1) is 26.6. The van der Waals surface area contributed by atoms with E-state index in [1.807, 2.05) is 12.9 Å². The number of nitriles is 1. The number of nitrogens with zero attached hydrogens (tertiary/aromatic N) is 2. The van der Waals surface area contributed by atoms with Gasteiger partial charge in [-0.3, -0.25) is 4.79 Å². The van der Waals surface area contributed by atoms with Crippen molar-refractivity contribution in [3.8, 4) is 23.2 Å². The quantitative estimate of drug-likeness (QED) is 0.314. The van der Waals surface area contributed by atoms with Crippen LogP contribution in [-0.2, 0) is 22.4 Å². The molecule has 2 heterocycles. The second-order valence-electron chi connectivity index (χ2n) is 9.06. The number of aromatic nitrogens is 1. The summed E-state index contributed by atoms with van der Waals surface area (Å²) < 4.78 is 31.9. The van der Waals surface area contributed by atoms with E-state index in [2.05, 4.69) is 16.3 Å². The highest BCUT2D eigenvalue weighted by molar-refractivity contribution is 7.13. The molecule has 0 saturated carbocycles. The van der Waals surface area contributed by atoms with Gasteiger partial charge in [-0.2, -0.15) is 0 Å². The van der Waals surface area contributed by atoms with E-state index in [-0.39, 0.29) is 25.1 Å².